The summed E-state index contributed by atoms with van der Waals surface area (Å²) in [6.07, 6.45) is 0. The highest BCUT2D eigenvalue weighted by Gasteiger charge is 2.23. The topological polar surface area (TPSA) is 99.4 Å². The van der Waals surface area contributed by atoms with Gasteiger partial charge < -0.3 is 4.42 Å². The summed E-state index contributed by atoms with van der Waals surface area (Å²) in [6, 6.07) is 58.2. The number of hydrogen-bond acceptors (Lipinski definition) is 6. The lowest BCUT2D eigenvalue weighted by Gasteiger charge is -2.15. The van der Waals surface area contributed by atoms with Crippen molar-refractivity contribution in [2.24, 2.45) is 0 Å². The first-order valence-corrected chi connectivity index (χ1v) is 17.1. The van der Waals surface area contributed by atoms with Crippen LogP contribution in [0, 0.1) is 22.7 Å². The van der Waals surface area contributed by atoms with Gasteiger partial charge in [0.2, 0.25) is 0 Å². The summed E-state index contributed by atoms with van der Waals surface area (Å²) in [5.41, 5.74) is 10.8. The molecule has 0 bridgehead atoms. The van der Waals surface area contributed by atoms with Gasteiger partial charge in [-0.15, -0.1) is 0 Å². The van der Waals surface area contributed by atoms with Crippen LogP contribution in [0.2, 0.25) is 0 Å². The Hall–Kier alpha value is -7.67. The summed E-state index contributed by atoms with van der Waals surface area (Å²) in [5, 5.41) is 20.9. The Morgan fingerprint density at radius 3 is 1.43 bits per heavy atom. The quantitative estimate of drug-likeness (QED) is 0.174. The first kappa shape index (κ1) is 31.3. The van der Waals surface area contributed by atoms with E-state index in [2.05, 4.69) is 48.5 Å². The zero-order valence-corrected chi connectivity index (χ0v) is 28.2. The molecule has 0 atom stereocenters. The van der Waals surface area contributed by atoms with Gasteiger partial charge in [-0.25, -0.2) is 15.0 Å². The van der Waals surface area contributed by atoms with E-state index in [0.717, 1.165) is 66.4 Å². The molecule has 9 rings (SSSR count). The van der Waals surface area contributed by atoms with E-state index in [1.54, 1.807) is 0 Å². The minimum absolute atomic E-state index is 0.487. The maximum atomic E-state index is 9.49. The molecule has 9 aromatic rings. The maximum absolute atomic E-state index is 9.49. The number of hydrogen-bond donors (Lipinski definition) is 0. The average molecular weight is 678 g/mol. The van der Waals surface area contributed by atoms with Crippen LogP contribution in [0.25, 0.3) is 89.5 Å². The lowest BCUT2D eigenvalue weighted by atomic mass is 9.90. The summed E-state index contributed by atoms with van der Waals surface area (Å²) in [4.78, 5) is 15.3. The Bertz CT molecular complexity index is 2750. The van der Waals surface area contributed by atoms with Crippen molar-refractivity contribution in [2.75, 3.05) is 0 Å². The predicted octanol–water partition coefficient (Wildman–Crippen LogP) is 11.5. The molecule has 2 aromatic heterocycles. The van der Waals surface area contributed by atoms with Gasteiger partial charge in [0.1, 0.15) is 11.2 Å². The minimum atomic E-state index is 0.487. The fourth-order valence-corrected chi connectivity index (χ4v) is 6.76. The Morgan fingerprint density at radius 2 is 0.887 bits per heavy atom. The third-order valence-electron chi connectivity index (χ3n) is 9.41. The van der Waals surface area contributed by atoms with Gasteiger partial charge in [-0.1, -0.05) is 109 Å². The van der Waals surface area contributed by atoms with Gasteiger partial charge in [0.05, 0.1) is 28.8 Å². The van der Waals surface area contributed by atoms with Crippen LogP contribution in [0.15, 0.2) is 168 Å². The number of para-hydroxylation sites is 1. The first-order valence-electron chi connectivity index (χ1n) is 17.1. The van der Waals surface area contributed by atoms with E-state index in [1.807, 2.05) is 127 Å². The SMILES string of the molecule is N#Cc1ccc(-c2cc(-c3ccc(C#N)cc3)cc(-c3ccc4c(oc5ccccc54)c3-c3nc(-c4ccccc4)nc(-c4ccccc4)n3)c2)cc1. The normalized spacial score (nSPS) is 11.0. The highest BCUT2D eigenvalue weighted by molar-refractivity contribution is 6.12. The lowest BCUT2D eigenvalue weighted by molar-refractivity contribution is 0.669. The van der Waals surface area contributed by atoms with Crippen LogP contribution in [-0.4, -0.2) is 15.0 Å². The molecule has 0 amide bonds. The van der Waals surface area contributed by atoms with Crippen molar-refractivity contribution in [3.8, 4) is 79.7 Å². The second-order valence-corrected chi connectivity index (χ2v) is 12.7. The molecule has 0 spiro atoms. The molecular weight excluding hydrogens is 651 g/mol. The average Bonchev–Trinajstić information content (AvgIpc) is 3.62. The highest BCUT2D eigenvalue weighted by atomic mass is 16.3. The van der Waals surface area contributed by atoms with Gasteiger partial charge in [-0.2, -0.15) is 10.5 Å². The van der Waals surface area contributed by atoms with Crippen LogP contribution in [0.3, 0.4) is 0 Å². The molecule has 6 nitrogen and oxygen atoms in total. The third kappa shape index (κ3) is 5.87. The Morgan fingerprint density at radius 1 is 0.396 bits per heavy atom. The van der Waals surface area contributed by atoms with E-state index >= 15 is 0 Å². The maximum Gasteiger partial charge on any atom is 0.168 e. The van der Waals surface area contributed by atoms with Gasteiger partial charge in [-0.05, 0) is 88.0 Å². The standard InChI is InChI=1S/C47H27N5O/c48-28-30-15-19-32(20-16-30)36-25-37(33-21-17-31(29-49)18-22-33)27-38(26-36)39-23-24-41-40-13-7-8-14-42(40)53-44(41)43(39)47-51-45(34-9-3-1-4-10-34)50-46(52-47)35-11-5-2-6-12-35/h1-27H. The van der Waals surface area contributed by atoms with E-state index in [9.17, 15) is 10.5 Å². The number of nitrogens with zero attached hydrogens (tertiary/aromatic N) is 5. The summed E-state index contributed by atoms with van der Waals surface area (Å²) in [5.74, 6) is 1.59. The number of rotatable bonds is 6. The molecule has 0 N–H and O–H groups in total. The number of furan rings is 1. The van der Waals surface area contributed by atoms with Gasteiger partial charge in [-0.3, -0.25) is 0 Å². The Labute approximate surface area is 305 Å². The van der Waals surface area contributed by atoms with Gasteiger partial charge in [0.15, 0.2) is 17.5 Å². The predicted molar refractivity (Wildman–Crippen MR) is 209 cm³/mol. The molecule has 0 saturated heterocycles. The van der Waals surface area contributed by atoms with E-state index in [0.29, 0.717) is 34.2 Å². The van der Waals surface area contributed by atoms with Crippen molar-refractivity contribution in [1.29, 1.82) is 10.5 Å². The summed E-state index contributed by atoms with van der Waals surface area (Å²) < 4.78 is 6.71. The number of aromatic nitrogens is 3. The molecule has 7 aromatic carbocycles. The fraction of sp³-hybridized carbons (Fsp3) is 0. The van der Waals surface area contributed by atoms with Crippen molar-refractivity contribution < 1.29 is 4.42 Å². The van der Waals surface area contributed by atoms with Crippen LogP contribution in [0.5, 0.6) is 0 Å². The van der Waals surface area contributed by atoms with Crippen molar-refractivity contribution in [3.63, 3.8) is 0 Å². The molecule has 6 heteroatoms. The number of nitriles is 2. The highest BCUT2D eigenvalue weighted by Crippen LogP contribution is 2.43. The molecular formula is C47H27N5O. The molecule has 0 unspecified atom stereocenters. The van der Waals surface area contributed by atoms with Crippen molar-refractivity contribution in [1.82, 2.24) is 15.0 Å². The molecule has 2 heterocycles. The molecule has 53 heavy (non-hydrogen) atoms. The summed E-state index contributed by atoms with van der Waals surface area (Å²) in [6.45, 7) is 0. The van der Waals surface area contributed by atoms with E-state index in [4.69, 9.17) is 19.4 Å². The van der Waals surface area contributed by atoms with E-state index in [-0.39, 0.29) is 0 Å². The van der Waals surface area contributed by atoms with E-state index in [1.165, 1.54) is 0 Å². The van der Waals surface area contributed by atoms with Crippen LogP contribution >= 0.6 is 0 Å². The second kappa shape index (κ2) is 13.2. The molecule has 246 valence electrons. The molecule has 0 aliphatic carbocycles. The fourth-order valence-electron chi connectivity index (χ4n) is 6.76. The van der Waals surface area contributed by atoms with Crippen LogP contribution in [0.1, 0.15) is 11.1 Å². The molecule has 0 saturated carbocycles. The lowest BCUT2D eigenvalue weighted by Crippen LogP contribution is -2.01. The number of fused-ring (bicyclic) bond motifs is 3. The van der Waals surface area contributed by atoms with Gasteiger partial charge in [0, 0.05) is 21.9 Å². The monoisotopic (exact) mass is 677 g/mol. The van der Waals surface area contributed by atoms with Gasteiger partial charge >= 0.3 is 0 Å². The summed E-state index contributed by atoms with van der Waals surface area (Å²) >= 11 is 0. The zero-order valence-electron chi connectivity index (χ0n) is 28.2. The van der Waals surface area contributed by atoms with Crippen LogP contribution < -0.4 is 0 Å². The summed E-state index contributed by atoms with van der Waals surface area (Å²) in [7, 11) is 0. The first-order chi connectivity index (χ1) is 26.1. The number of benzene rings is 7. The van der Waals surface area contributed by atoms with Crippen LogP contribution in [-0.2, 0) is 0 Å². The molecule has 0 radical (unpaired) electrons. The zero-order chi connectivity index (χ0) is 35.7. The third-order valence-corrected chi connectivity index (χ3v) is 9.41. The molecule has 0 aliphatic rings. The van der Waals surface area contributed by atoms with Crippen molar-refractivity contribution in [2.45, 2.75) is 0 Å². The van der Waals surface area contributed by atoms with Crippen molar-refractivity contribution in [3.05, 3.63) is 175 Å². The van der Waals surface area contributed by atoms with Crippen LogP contribution in [0.4, 0.5) is 0 Å². The van der Waals surface area contributed by atoms with Crippen molar-refractivity contribution >= 4 is 21.9 Å². The van der Waals surface area contributed by atoms with Gasteiger partial charge in [0.25, 0.3) is 0 Å². The largest absolute Gasteiger partial charge is 0.455 e. The molecule has 0 fully saturated rings. The van der Waals surface area contributed by atoms with E-state index < -0.39 is 0 Å². The Balaban J connectivity index is 1.35. The second-order valence-electron chi connectivity index (χ2n) is 12.7. The molecule has 0 aliphatic heterocycles. The minimum Gasteiger partial charge on any atom is -0.455 e. The smallest absolute Gasteiger partial charge is 0.168 e. The Kier molecular flexibility index (Phi) is 7.82.